The third-order valence-electron chi connectivity index (χ3n) is 3.01. The van der Waals surface area contributed by atoms with Gasteiger partial charge in [0, 0.05) is 12.1 Å². The molecule has 2 aromatic carbocycles. The van der Waals surface area contributed by atoms with Crippen LogP contribution in [0, 0.1) is 11.6 Å². The highest BCUT2D eigenvalue weighted by Gasteiger charge is 2.09. The van der Waals surface area contributed by atoms with Gasteiger partial charge in [-0.15, -0.1) is 0 Å². The van der Waals surface area contributed by atoms with Gasteiger partial charge in [-0.1, -0.05) is 12.1 Å². The molecule has 0 aromatic heterocycles. The van der Waals surface area contributed by atoms with Crippen LogP contribution in [-0.2, 0) is 6.42 Å². The quantitative estimate of drug-likeness (QED) is 0.891. The number of anilines is 1. The molecule has 1 atom stereocenters. The molecule has 20 heavy (non-hydrogen) atoms. The first-order valence-corrected chi connectivity index (χ1v) is 6.43. The maximum atomic E-state index is 13.7. The van der Waals surface area contributed by atoms with Crippen molar-refractivity contribution >= 4 is 5.69 Å². The van der Waals surface area contributed by atoms with Crippen LogP contribution >= 0.6 is 0 Å². The highest BCUT2D eigenvalue weighted by atomic mass is 19.1. The molecule has 106 valence electrons. The van der Waals surface area contributed by atoms with Crippen LogP contribution in [0.1, 0.15) is 12.5 Å². The van der Waals surface area contributed by atoms with Gasteiger partial charge in [0.15, 0.2) is 0 Å². The number of halogens is 2. The van der Waals surface area contributed by atoms with E-state index >= 15 is 0 Å². The smallest absolute Gasteiger partial charge is 0.146 e. The molecule has 0 fully saturated rings. The molecule has 2 nitrogen and oxygen atoms in total. The number of methoxy groups -OCH3 is 1. The predicted octanol–water partition coefficient (Wildman–Crippen LogP) is 4.02. The van der Waals surface area contributed by atoms with Crippen LogP contribution in [0.2, 0.25) is 0 Å². The van der Waals surface area contributed by atoms with E-state index in [4.69, 9.17) is 4.74 Å². The number of nitrogens with one attached hydrogen (secondary N) is 1. The second kappa shape index (κ2) is 6.37. The van der Waals surface area contributed by atoms with Crippen LogP contribution in [0.25, 0.3) is 0 Å². The van der Waals surface area contributed by atoms with Crippen LogP contribution in [0.3, 0.4) is 0 Å². The summed E-state index contributed by atoms with van der Waals surface area (Å²) in [7, 11) is 1.53. The maximum Gasteiger partial charge on any atom is 0.146 e. The second-order valence-corrected chi connectivity index (χ2v) is 4.73. The minimum absolute atomic E-state index is 0.0293. The van der Waals surface area contributed by atoms with Gasteiger partial charge in [-0.05, 0) is 43.2 Å². The molecular weight excluding hydrogens is 260 g/mol. The molecule has 0 saturated carbocycles. The Hall–Kier alpha value is -2.10. The number of hydrogen-bond donors (Lipinski definition) is 1. The molecule has 0 radical (unpaired) electrons. The van der Waals surface area contributed by atoms with Crippen molar-refractivity contribution in [1.82, 2.24) is 0 Å². The van der Waals surface area contributed by atoms with Crippen molar-refractivity contribution in [2.45, 2.75) is 19.4 Å². The summed E-state index contributed by atoms with van der Waals surface area (Å²) in [6.45, 7) is 1.92. The third-order valence-corrected chi connectivity index (χ3v) is 3.01. The third kappa shape index (κ3) is 3.70. The molecule has 0 amide bonds. The number of hydrogen-bond acceptors (Lipinski definition) is 2. The summed E-state index contributed by atoms with van der Waals surface area (Å²) >= 11 is 0. The van der Waals surface area contributed by atoms with Gasteiger partial charge in [0.05, 0.1) is 12.8 Å². The van der Waals surface area contributed by atoms with Crippen LogP contribution in [-0.4, -0.2) is 13.2 Å². The molecule has 2 rings (SSSR count). The van der Waals surface area contributed by atoms with E-state index in [9.17, 15) is 8.78 Å². The molecule has 0 aliphatic carbocycles. The molecule has 2 aromatic rings. The predicted molar refractivity (Wildman–Crippen MR) is 76.1 cm³/mol. The summed E-state index contributed by atoms with van der Waals surface area (Å²) in [4.78, 5) is 0. The molecule has 1 unspecified atom stereocenters. The monoisotopic (exact) mass is 277 g/mol. The Morgan fingerprint density at radius 2 is 1.95 bits per heavy atom. The van der Waals surface area contributed by atoms with Gasteiger partial charge in [-0.3, -0.25) is 0 Å². The lowest BCUT2D eigenvalue weighted by Gasteiger charge is -2.16. The van der Waals surface area contributed by atoms with E-state index in [1.165, 1.54) is 25.3 Å². The molecule has 0 bridgehead atoms. The van der Waals surface area contributed by atoms with Crippen LogP contribution in [0.5, 0.6) is 5.75 Å². The summed E-state index contributed by atoms with van der Waals surface area (Å²) in [5.41, 5.74) is 1.25. The summed E-state index contributed by atoms with van der Waals surface area (Å²) in [6.07, 6.45) is 0.606. The Morgan fingerprint density at radius 3 is 2.65 bits per heavy atom. The van der Waals surface area contributed by atoms with Crippen molar-refractivity contribution < 1.29 is 13.5 Å². The molecular formula is C16H17F2NO. The maximum absolute atomic E-state index is 13.7. The number of benzene rings is 2. The molecule has 4 heteroatoms. The molecule has 0 spiro atoms. The fourth-order valence-corrected chi connectivity index (χ4v) is 2.08. The minimum atomic E-state index is -0.336. The lowest BCUT2D eigenvalue weighted by Crippen LogP contribution is -2.19. The summed E-state index contributed by atoms with van der Waals surface area (Å²) in [5.74, 6) is -0.00833. The van der Waals surface area contributed by atoms with Gasteiger partial charge >= 0.3 is 0 Å². The van der Waals surface area contributed by atoms with Crippen molar-refractivity contribution in [3.05, 3.63) is 59.7 Å². The van der Waals surface area contributed by atoms with E-state index < -0.39 is 0 Å². The largest absolute Gasteiger partial charge is 0.497 e. The zero-order chi connectivity index (χ0) is 14.5. The Bertz CT molecular complexity index is 586. The van der Waals surface area contributed by atoms with Crippen molar-refractivity contribution in [2.24, 2.45) is 0 Å². The lowest BCUT2D eigenvalue weighted by atomic mass is 10.1. The fourth-order valence-electron chi connectivity index (χ4n) is 2.08. The topological polar surface area (TPSA) is 21.3 Å². The number of rotatable bonds is 5. The normalized spacial score (nSPS) is 12.0. The van der Waals surface area contributed by atoms with Crippen molar-refractivity contribution in [3.8, 4) is 5.75 Å². The van der Waals surface area contributed by atoms with E-state index in [2.05, 4.69) is 5.32 Å². The van der Waals surface area contributed by atoms with Gasteiger partial charge in [-0.25, -0.2) is 8.78 Å². The Morgan fingerprint density at radius 1 is 1.15 bits per heavy atom. The summed E-state index contributed by atoms with van der Waals surface area (Å²) in [6, 6.07) is 10.9. The zero-order valence-electron chi connectivity index (χ0n) is 11.5. The highest BCUT2D eigenvalue weighted by molar-refractivity contribution is 5.50. The molecule has 0 aliphatic heterocycles. The SMILES string of the molecule is COc1ccc(F)c(NC(C)Cc2cccc(F)c2)c1. The van der Waals surface area contributed by atoms with E-state index in [-0.39, 0.29) is 17.7 Å². The summed E-state index contributed by atoms with van der Waals surface area (Å²) in [5, 5.41) is 3.08. The lowest BCUT2D eigenvalue weighted by molar-refractivity contribution is 0.414. The minimum Gasteiger partial charge on any atom is -0.497 e. The standard InChI is InChI=1S/C16H17F2NO/c1-11(8-12-4-3-5-13(17)9-12)19-16-10-14(20-2)6-7-15(16)18/h3-7,9-11,19H,8H2,1-2H3. The van der Waals surface area contributed by atoms with Crippen molar-refractivity contribution in [3.63, 3.8) is 0 Å². The fraction of sp³-hybridized carbons (Fsp3) is 0.250. The molecule has 1 N–H and O–H groups in total. The Labute approximate surface area is 117 Å². The second-order valence-electron chi connectivity index (χ2n) is 4.73. The number of ether oxygens (including phenoxy) is 1. The Balaban J connectivity index is 2.06. The van der Waals surface area contributed by atoms with Gasteiger partial charge in [-0.2, -0.15) is 0 Å². The van der Waals surface area contributed by atoms with Crippen molar-refractivity contribution in [1.29, 1.82) is 0 Å². The summed E-state index contributed by atoms with van der Waals surface area (Å²) < 4.78 is 31.9. The van der Waals surface area contributed by atoms with E-state index in [0.717, 1.165) is 5.56 Å². The van der Waals surface area contributed by atoms with Crippen LogP contribution in [0.15, 0.2) is 42.5 Å². The van der Waals surface area contributed by atoms with Gasteiger partial charge < -0.3 is 10.1 Å². The van der Waals surface area contributed by atoms with Crippen LogP contribution < -0.4 is 10.1 Å². The molecule has 0 heterocycles. The highest BCUT2D eigenvalue weighted by Crippen LogP contribution is 2.22. The first kappa shape index (κ1) is 14.3. The van der Waals surface area contributed by atoms with Crippen LogP contribution in [0.4, 0.5) is 14.5 Å². The first-order chi connectivity index (χ1) is 9.58. The average Bonchev–Trinajstić information content (AvgIpc) is 2.41. The molecule has 0 aliphatic rings. The van der Waals surface area contributed by atoms with E-state index in [1.807, 2.05) is 13.0 Å². The van der Waals surface area contributed by atoms with Gasteiger partial charge in [0.25, 0.3) is 0 Å². The average molecular weight is 277 g/mol. The Kier molecular flexibility index (Phi) is 4.56. The first-order valence-electron chi connectivity index (χ1n) is 6.43. The van der Waals surface area contributed by atoms with E-state index in [1.54, 1.807) is 18.2 Å². The zero-order valence-corrected chi connectivity index (χ0v) is 11.5. The van der Waals surface area contributed by atoms with Gasteiger partial charge in [0.2, 0.25) is 0 Å². The molecule has 0 saturated heterocycles. The van der Waals surface area contributed by atoms with Gasteiger partial charge in [0.1, 0.15) is 17.4 Å². The van der Waals surface area contributed by atoms with Crippen molar-refractivity contribution in [2.75, 3.05) is 12.4 Å². The van der Waals surface area contributed by atoms with E-state index in [0.29, 0.717) is 17.9 Å².